The quantitative estimate of drug-likeness (QED) is 0.285. The number of nitrogens with one attached hydrogen (secondary N) is 2. The van der Waals surface area contributed by atoms with E-state index >= 15 is 0 Å². The Bertz CT molecular complexity index is 281. The predicted octanol–water partition coefficient (Wildman–Crippen LogP) is -3.06. The van der Waals surface area contributed by atoms with Crippen molar-refractivity contribution in [2.45, 2.75) is 13.3 Å². The van der Waals surface area contributed by atoms with Crippen molar-refractivity contribution in [2.24, 2.45) is 5.41 Å². The smallest absolute Gasteiger partial charge is 0.277 e. The molecular weight excluding hydrogens is 195 g/mol. The molecule has 0 unspecified atom stereocenters. The van der Waals surface area contributed by atoms with Crippen LogP contribution < -0.4 is 40.2 Å². The topological polar surface area (TPSA) is 75.3 Å². The van der Waals surface area contributed by atoms with E-state index in [-0.39, 0.29) is 36.0 Å². The first kappa shape index (κ1) is 13.4. The summed E-state index contributed by atoms with van der Waals surface area (Å²) in [5.74, 6) is -1.22. The van der Waals surface area contributed by atoms with Crippen molar-refractivity contribution in [3.05, 3.63) is 12.7 Å². The molecule has 1 saturated heterocycles. The Hall–Kier alpha value is -0.650. The van der Waals surface area contributed by atoms with Crippen LogP contribution in [0.5, 0.6) is 0 Å². The van der Waals surface area contributed by atoms with E-state index in [1.165, 1.54) is 6.08 Å². The Morgan fingerprint density at radius 3 is 2.00 bits per heavy atom. The second-order valence-electron chi connectivity index (χ2n) is 2.77. The van der Waals surface area contributed by atoms with Crippen LogP contribution in [0.1, 0.15) is 13.3 Å². The number of rotatable bonds is 2. The average Bonchev–Trinajstić information content (AvgIpc) is 2.05. The zero-order chi connectivity index (χ0) is 10.1. The minimum Gasteiger partial charge on any atom is -0.277 e. The third-order valence-corrected chi connectivity index (χ3v) is 2.17. The number of carbonyl (C=O) groups excluding carboxylic acids is 3. The number of hydrogen-bond acceptors (Lipinski definition) is 3. The van der Waals surface area contributed by atoms with Gasteiger partial charge in [0.25, 0.3) is 0 Å². The van der Waals surface area contributed by atoms with Crippen LogP contribution in [-0.4, -0.2) is 17.8 Å². The molecule has 6 heteroatoms. The Balaban J connectivity index is 0.00000169. The summed E-state index contributed by atoms with van der Waals surface area (Å²) in [6, 6.07) is -0.777. The maximum absolute atomic E-state index is 11.3. The summed E-state index contributed by atoms with van der Waals surface area (Å²) in [6.45, 7) is 5.10. The van der Waals surface area contributed by atoms with E-state index in [2.05, 4.69) is 6.58 Å². The van der Waals surface area contributed by atoms with Crippen LogP contribution in [0.15, 0.2) is 12.7 Å². The molecule has 0 saturated carbocycles. The van der Waals surface area contributed by atoms with Gasteiger partial charge in [0.2, 0.25) is 11.8 Å². The fourth-order valence-electron chi connectivity index (χ4n) is 1.21. The van der Waals surface area contributed by atoms with E-state index in [0.717, 1.165) is 0 Å². The van der Waals surface area contributed by atoms with E-state index in [4.69, 9.17) is 0 Å². The summed E-state index contributed by atoms with van der Waals surface area (Å²) >= 11 is 0. The minimum atomic E-state index is -1.30. The minimum absolute atomic E-state index is 0. The molecule has 0 aromatic carbocycles. The summed E-state index contributed by atoms with van der Waals surface area (Å²) in [4.78, 5) is 33.4. The molecule has 0 radical (unpaired) electrons. The fraction of sp³-hybridized carbons (Fsp3) is 0.375. The number of imide groups is 2. The van der Waals surface area contributed by atoms with Gasteiger partial charge in [0.15, 0.2) is 0 Å². The summed E-state index contributed by atoms with van der Waals surface area (Å²) in [6.07, 6.45) is 1.53. The monoisotopic (exact) mass is 205 g/mol. The first-order valence-electron chi connectivity index (χ1n) is 3.87. The summed E-state index contributed by atoms with van der Waals surface area (Å²) in [7, 11) is 0. The Morgan fingerprint density at radius 2 is 1.71 bits per heavy atom. The van der Waals surface area contributed by atoms with Crippen molar-refractivity contribution in [1.29, 1.82) is 0 Å². The number of amides is 4. The predicted molar refractivity (Wildman–Crippen MR) is 44.6 cm³/mol. The van der Waals surface area contributed by atoms with E-state index in [1.807, 2.05) is 10.6 Å². The van der Waals surface area contributed by atoms with E-state index < -0.39 is 23.3 Å². The van der Waals surface area contributed by atoms with Crippen LogP contribution in [0.2, 0.25) is 0 Å². The fourth-order valence-corrected chi connectivity index (χ4v) is 1.21. The first-order chi connectivity index (χ1) is 6.06. The van der Waals surface area contributed by atoms with Gasteiger partial charge in [-0.2, -0.15) is 0 Å². The number of barbiturate groups is 1. The Morgan fingerprint density at radius 1 is 1.29 bits per heavy atom. The number of urea groups is 1. The summed E-state index contributed by atoms with van der Waals surface area (Å²) in [5, 5.41) is 4.04. The molecule has 2 N–H and O–H groups in total. The third kappa shape index (κ3) is 1.89. The second kappa shape index (κ2) is 4.72. The zero-order valence-corrected chi connectivity index (χ0v) is 10.2. The van der Waals surface area contributed by atoms with Gasteiger partial charge in [-0.25, -0.2) is 4.79 Å². The molecule has 0 bridgehead atoms. The SMILES string of the molecule is C=CC1(CC)C(=O)NC(=O)NC1=O.[Na+]. The summed E-state index contributed by atoms with van der Waals surface area (Å²) in [5.41, 5.74) is -1.30. The largest absolute Gasteiger partial charge is 1.00 e. The van der Waals surface area contributed by atoms with Crippen LogP contribution in [0, 0.1) is 5.41 Å². The normalized spacial score (nSPS) is 19.1. The molecule has 14 heavy (non-hydrogen) atoms. The third-order valence-electron chi connectivity index (χ3n) is 2.17. The molecule has 0 aliphatic carbocycles. The van der Waals surface area contributed by atoms with Crippen molar-refractivity contribution in [2.75, 3.05) is 0 Å². The molecule has 0 spiro atoms. The number of hydrogen-bond donors (Lipinski definition) is 2. The van der Waals surface area contributed by atoms with Gasteiger partial charge in [0.1, 0.15) is 5.41 Å². The molecule has 1 fully saturated rings. The molecule has 0 atom stereocenters. The van der Waals surface area contributed by atoms with Gasteiger partial charge in [-0.3, -0.25) is 20.2 Å². The molecule has 70 valence electrons. The van der Waals surface area contributed by atoms with Gasteiger partial charge in [0, 0.05) is 0 Å². The van der Waals surface area contributed by atoms with Gasteiger partial charge in [0.05, 0.1) is 0 Å². The molecule has 1 heterocycles. The van der Waals surface area contributed by atoms with Crippen LogP contribution in [0.4, 0.5) is 4.79 Å². The summed E-state index contributed by atoms with van der Waals surface area (Å²) < 4.78 is 0. The van der Waals surface area contributed by atoms with Crippen LogP contribution >= 0.6 is 0 Å². The first-order valence-corrected chi connectivity index (χ1v) is 3.87. The maximum atomic E-state index is 11.3. The van der Waals surface area contributed by atoms with Crippen molar-refractivity contribution < 1.29 is 43.9 Å². The Labute approximate surface area is 104 Å². The van der Waals surface area contributed by atoms with Gasteiger partial charge in [-0.15, -0.1) is 6.58 Å². The van der Waals surface area contributed by atoms with Crippen molar-refractivity contribution >= 4 is 17.8 Å². The van der Waals surface area contributed by atoms with E-state index in [9.17, 15) is 14.4 Å². The van der Waals surface area contributed by atoms with Gasteiger partial charge in [-0.1, -0.05) is 13.0 Å². The molecule has 0 aromatic heterocycles. The molecule has 1 aliphatic rings. The molecule has 1 rings (SSSR count). The molecule has 4 amide bonds. The van der Waals surface area contributed by atoms with Crippen LogP contribution in [-0.2, 0) is 9.59 Å². The van der Waals surface area contributed by atoms with Crippen molar-refractivity contribution in [3.8, 4) is 0 Å². The average molecular weight is 205 g/mol. The Kier molecular flexibility index (Phi) is 4.51. The standard InChI is InChI=1S/C8H10N2O3.Na/c1-3-8(4-2)5(11)9-7(13)10-6(8)12;/h3H,1,4H2,2H3,(H2,9,10,11,12,13);/q;+1. The van der Waals surface area contributed by atoms with Gasteiger partial charge >= 0.3 is 35.6 Å². The van der Waals surface area contributed by atoms with E-state index in [0.29, 0.717) is 0 Å². The molecular formula is C8H10N2NaO3+. The van der Waals surface area contributed by atoms with Crippen LogP contribution in [0.25, 0.3) is 0 Å². The molecule has 1 aliphatic heterocycles. The molecule has 5 nitrogen and oxygen atoms in total. The van der Waals surface area contributed by atoms with Crippen molar-refractivity contribution in [1.82, 2.24) is 10.6 Å². The van der Waals surface area contributed by atoms with Gasteiger partial charge < -0.3 is 0 Å². The molecule has 0 aromatic rings. The zero-order valence-electron chi connectivity index (χ0n) is 8.22. The van der Waals surface area contributed by atoms with Crippen LogP contribution in [0.3, 0.4) is 0 Å². The van der Waals surface area contributed by atoms with Gasteiger partial charge in [-0.05, 0) is 6.42 Å². The van der Waals surface area contributed by atoms with Crippen molar-refractivity contribution in [3.63, 3.8) is 0 Å². The van der Waals surface area contributed by atoms with E-state index in [1.54, 1.807) is 6.92 Å². The maximum Gasteiger partial charge on any atom is 1.00 e. The number of carbonyl (C=O) groups is 3. The second-order valence-corrected chi connectivity index (χ2v) is 2.77.